The maximum Gasteiger partial charge on any atom is 0.246 e. The molecule has 4 nitrogen and oxygen atoms in total. The van der Waals surface area contributed by atoms with Crippen LogP contribution in [0.1, 0.15) is 12.5 Å². The molecular formula is C11H15NO3. The minimum Gasteiger partial charge on any atom is -0.508 e. The molecular weight excluding hydrogens is 194 g/mol. The van der Waals surface area contributed by atoms with E-state index < -0.39 is 0 Å². The molecule has 0 spiro atoms. The summed E-state index contributed by atoms with van der Waals surface area (Å²) in [5.74, 6) is 0.0479. The van der Waals surface area contributed by atoms with E-state index in [0.717, 1.165) is 5.56 Å². The predicted octanol–water partition coefficient (Wildman–Crippen LogP) is 1.04. The molecule has 1 rings (SSSR count). The molecule has 0 heterocycles. The maximum atomic E-state index is 11.2. The smallest absolute Gasteiger partial charge is 0.246 e. The van der Waals surface area contributed by atoms with Crippen molar-refractivity contribution in [1.29, 1.82) is 0 Å². The van der Waals surface area contributed by atoms with Crippen LogP contribution in [0.25, 0.3) is 0 Å². The Kier molecular flexibility index (Phi) is 4.63. The number of hydrogen-bond acceptors (Lipinski definition) is 3. The van der Waals surface area contributed by atoms with Crippen molar-refractivity contribution < 1.29 is 14.6 Å². The molecule has 82 valence electrons. The second-order valence-corrected chi connectivity index (χ2v) is 3.08. The van der Waals surface area contributed by atoms with Crippen LogP contribution in [0, 0.1) is 0 Å². The first-order valence-electron chi connectivity index (χ1n) is 4.84. The molecule has 0 aliphatic rings. The number of carbonyl (C=O) groups is 1. The molecule has 0 atom stereocenters. The van der Waals surface area contributed by atoms with E-state index >= 15 is 0 Å². The van der Waals surface area contributed by atoms with Crippen molar-refractivity contribution in [2.45, 2.75) is 13.5 Å². The van der Waals surface area contributed by atoms with E-state index in [0.29, 0.717) is 13.2 Å². The zero-order valence-electron chi connectivity index (χ0n) is 8.69. The zero-order chi connectivity index (χ0) is 11.1. The van der Waals surface area contributed by atoms with Crippen molar-refractivity contribution in [3.63, 3.8) is 0 Å². The fourth-order valence-corrected chi connectivity index (χ4v) is 1.11. The Morgan fingerprint density at radius 3 is 3.00 bits per heavy atom. The van der Waals surface area contributed by atoms with Crippen molar-refractivity contribution in [1.82, 2.24) is 5.32 Å². The molecule has 0 fully saturated rings. The summed E-state index contributed by atoms with van der Waals surface area (Å²) in [6.07, 6.45) is 0. The zero-order valence-corrected chi connectivity index (χ0v) is 8.69. The van der Waals surface area contributed by atoms with Gasteiger partial charge < -0.3 is 15.2 Å². The van der Waals surface area contributed by atoms with Crippen LogP contribution in [0.5, 0.6) is 5.75 Å². The van der Waals surface area contributed by atoms with E-state index in [9.17, 15) is 9.90 Å². The highest BCUT2D eigenvalue weighted by Gasteiger charge is 2.00. The fraction of sp³-hybridized carbons (Fsp3) is 0.364. The molecule has 1 aromatic rings. The number of hydrogen-bond donors (Lipinski definition) is 2. The SMILES string of the molecule is CCOCC(=O)NCc1cccc(O)c1. The summed E-state index contributed by atoms with van der Waals surface area (Å²) in [5.41, 5.74) is 0.861. The van der Waals surface area contributed by atoms with Crippen molar-refractivity contribution in [3.8, 4) is 5.75 Å². The summed E-state index contributed by atoms with van der Waals surface area (Å²) in [5, 5.41) is 11.9. The largest absolute Gasteiger partial charge is 0.508 e. The Morgan fingerprint density at radius 1 is 1.53 bits per heavy atom. The van der Waals surface area contributed by atoms with Gasteiger partial charge in [0.1, 0.15) is 12.4 Å². The van der Waals surface area contributed by atoms with E-state index in [4.69, 9.17) is 4.74 Å². The van der Waals surface area contributed by atoms with Gasteiger partial charge in [-0.05, 0) is 24.6 Å². The lowest BCUT2D eigenvalue weighted by Gasteiger charge is -2.05. The molecule has 0 saturated carbocycles. The molecule has 0 aromatic heterocycles. The Labute approximate surface area is 88.9 Å². The minimum atomic E-state index is -0.153. The topological polar surface area (TPSA) is 58.6 Å². The molecule has 0 unspecified atom stereocenters. The van der Waals surface area contributed by atoms with Gasteiger partial charge in [-0.3, -0.25) is 4.79 Å². The molecule has 2 N–H and O–H groups in total. The van der Waals surface area contributed by atoms with Gasteiger partial charge in [0.05, 0.1) is 0 Å². The first-order chi connectivity index (χ1) is 7.22. The van der Waals surface area contributed by atoms with Crippen LogP contribution >= 0.6 is 0 Å². The lowest BCUT2D eigenvalue weighted by Crippen LogP contribution is -2.27. The fourth-order valence-electron chi connectivity index (χ4n) is 1.11. The van der Waals surface area contributed by atoms with Crippen LogP contribution in [0.3, 0.4) is 0 Å². The summed E-state index contributed by atoms with van der Waals surface area (Å²) in [7, 11) is 0. The van der Waals surface area contributed by atoms with Crippen molar-refractivity contribution in [2.24, 2.45) is 0 Å². The summed E-state index contributed by atoms with van der Waals surface area (Å²) in [6, 6.07) is 6.77. The first-order valence-corrected chi connectivity index (χ1v) is 4.84. The minimum absolute atomic E-state index is 0.0787. The van der Waals surface area contributed by atoms with Gasteiger partial charge >= 0.3 is 0 Å². The molecule has 0 saturated heterocycles. The van der Waals surface area contributed by atoms with Crippen molar-refractivity contribution >= 4 is 5.91 Å². The number of ether oxygens (including phenoxy) is 1. The lowest BCUT2D eigenvalue weighted by atomic mass is 10.2. The van der Waals surface area contributed by atoms with Crippen molar-refractivity contribution in [3.05, 3.63) is 29.8 Å². The van der Waals surface area contributed by atoms with Gasteiger partial charge in [0.15, 0.2) is 0 Å². The highest BCUT2D eigenvalue weighted by atomic mass is 16.5. The number of carbonyl (C=O) groups excluding carboxylic acids is 1. The van der Waals surface area contributed by atoms with Gasteiger partial charge in [0.2, 0.25) is 5.91 Å². The summed E-state index contributed by atoms with van der Waals surface area (Å²) < 4.78 is 4.95. The Morgan fingerprint density at radius 2 is 2.33 bits per heavy atom. The number of phenolic OH excluding ortho intramolecular Hbond substituents is 1. The molecule has 1 amide bonds. The molecule has 0 aliphatic carbocycles. The predicted molar refractivity (Wildman–Crippen MR) is 56.4 cm³/mol. The maximum absolute atomic E-state index is 11.2. The molecule has 0 bridgehead atoms. The van der Waals surface area contributed by atoms with E-state index in [-0.39, 0.29) is 18.3 Å². The average Bonchev–Trinajstić information content (AvgIpc) is 2.23. The van der Waals surface area contributed by atoms with E-state index in [1.807, 2.05) is 13.0 Å². The van der Waals surface area contributed by atoms with Crippen LogP contribution in [0.2, 0.25) is 0 Å². The van der Waals surface area contributed by atoms with E-state index in [1.165, 1.54) is 0 Å². The third kappa shape index (κ3) is 4.46. The highest BCUT2D eigenvalue weighted by molar-refractivity contribution is 5.77. The van der Waals surface area contributed by atoms with Crippen LogP contribution < -0.4 is 5.32 Å². The van der Waals surface area contributed by atoms with Gasteiger partial charge in [0, 0.05) is 13.2 Å². The highest BCUT2D eigenvalue weighted by Crippen LogP contribution is 2.10. The third-order valence-electron chi connectivity index (χ3n) is 1.84. The second-order valence-electron chi connectivity index (χ2n) is 3.08. The number of nitrogens with one attached hydrogen (secondary N) is 1. The number of rotatable bonds is 5. The van der Waals surface area contributed by atoms with Gasteiger partial charge in [-0.2, -0.15) is 0 Å². The lowest BCUT2D eigenvalue weighted by molar-refractivity contribution is -0.125. The standard InChI is InChI=1S/C11H15NO3/c1-2-15-8-11(14)12-7-9-4-3-5-10(13)6-9/h3-6,13H,2,7-8H2,1H3,(H,12,14). The van der Waals surface area contributed by atoms with Gasteiger partial charge in [-0.15, -0.1) is 0 Å². The average molecular weight is 209 g/mol. The Balaban J connectivity index is 2.33. The first kappa shape index (κ1) is 11.5. The third-order valence-corrected chi connectivity index (χ3v) is 1.84. The molecule has 0 aliphatic heterocycles. The van der Waals surface area contributed by atoms with E-state index in [1.54, 1.807) is 18.2 Å². The normalized spacial score (nSPS) is 9.93. The Bertz CT molecular complexity index is 325. The van der Waals surface area contributed by atoms with Crippen LogP contribution in [-0.4, -0.2) is 24.2 Å². The van der Waals surface area contributed by atoms with Crippen LogP contribution in [-0.2, 0) is 16.1 Å². The van der Waals surface area contributed by atoms with Gasteiger partial charge in [-0.25, -0.2) is 0 Å². The number of phenols is 1. The summed E-state index contributed by atoms with van der Waals surface area (Å²) in [6.45, 7) is 2.84. The van der Waals surface area contributed by atoms with Gasteiger partial charge in [-0.1, -0.05) is 12.1 Å². The number of benzene rings is 1. The monoisotopic (exact) mass is 209 g/mol. The quantitative estimate of drug-likeness (QED) is 0.762. The van der Waals surface area contributed by atoms with Crippen molar-refractivity contribution in [2.75, 3.05) is 13.2 Å². The summed E-state index contributed by atoms with van der Waals surface area (Å²) >= 11 is 0. The van der Waals surface area contributed by atoms with Crippen LogP contribution in [0.15, 0.2) is 24.3 Å². The summed E-state index contributed by atoms with van der Waals surface area (Å²) in [4.78, 5) is 11.2. The second kappa shape index (κ2) is 6.03. The number of amides is 1. The van der Waals surface area contributed by atoms with E-state index in [2.05, 4.69) is 5.32 Å². The molecule has 4 heteroatoms. The molecule has 1 aromatic carbocycles. The number of aromatic hydroxyl groups is 1. The molecule has 0 radical (unpaired) electrons. The van der Waals surface area contributed by atoms with Crippen LogP contribution in [0.4, 0.5) is 0 Å². The molecule has 15 heavy (non-hydrogen) atoms. The van der Waals surface area contributed by atoms with Gasteiger partial charge in [0.25, 0.3) is 0 Å². The Hall–Kier alpha value is -1.55.